The van der Waals surface area contributed by atoms with Gasteiger partial charge >= 0.3 is 11.9 Å². The molecule has 2 aliphatic carbocycles. The Morgan fingerprint density at radius 3 is 1.89 bits per heavy atom. The number of aliphatic hydroxyl groups is 1. The van der Waals surface area contributed by atoms with Gasteiger partial charge in [-0.05, 0) is 82.5 Å². The van der Waals surface area contributed by atoms with Gasteiger partial charge in [0.05, 0.1) is 26.2 Å². The van der Waals surface area contributed by atoms with Gasteiger partial charge < -0.3 is 24.3 Å². The van der Waals surface area contributed by atoms with Crippen molar-refractivity contribution < 1.29 is 28.9 Å². The average Bonchev–Trinajstić information content (AvgIpc) is 2.83. The molecule has 0 radical (unpaired) electrons. The maximum Gasteiger partial charge on any atom is 0.315 e. The first-order chi connectivity index (χ1) is 17.5. The van der Waals surface area contributed by atoms with Crippen LogP contribution >= 0.6 is 31.9 Å². The van der Waals surface area contributed by atoms with Crippen molar-refractivity contribution in [2.24, 2.45) is 10.8 Å². The van der Waals surface area contributed by atoms with Gasteiger partial charge in [0.2, 0.25) is 11.4 Å². The number of aromatic nitrogens is 2. The molecule has 11 heteroatoms. The van der Waals surface area contributed by atoms with E-state index in [1.165, 1.54) is 14.2 Å². The molecule has 2 fully saturated rings. The molecule has 2 aliphatic rings. The van der Waals surface area contributed by atoms with Crippen LogP contribution in [0.1, 0.15) is 49.7 Å². The van der Waals surface area contributed by atoms with Crippen molar-refractivity contribution in [3.63, 3.8) is 0 Å². The van der Waals surface area contributed by atoms with E-state index in [1.54, 1.807) is 18.5 Å². The molecular weight excluding hydrogens is 612 g/mol. The number of ether oxygens (including phenoxy) is 3. The molecule has 0 amide bonds. The molecule has 0 unspecified atom stereocenters. The molecule has 2 heterocycles. The Bertz CT molecular complexity index is 1120. The first-order valence-corrected chi connectivity index (χ1v) is 13.5. The number of pyridine rings is 2. The molecule has 204 valence electrons. The lowest BCUT2D eigenvalue weighted by Crippen LogP contribution is -2.44. The van der Waals surface area contributed by atoms with Crippen LogP contribution in [0.5, 0.6) is 5.88 Å². The summed E-state index contributed by atoms with van der Waals surface area (Å²) in [6.07, 6.45) is 8.62. The number of aliphatic hydroxyl groups excluding tert-OH is 1. The second-order valence-electron chi connectivity index (χ2n) is 9.30. The third-order valence-electron chi connectivity index (χ3n) is 6.74. The number of methoxy groups -OCH3 is 2. The molecular formula is C26H34Br2N2O7. The lowest BCUT2D eigenvalue weighted by molar-refractivity contribution is -0.162. The maximum absolute atomic E-state index is 11.7. The van der Waals surface area contributed by atoms with Gasteiger partial charge in [-0.3, -0.25) is 14.4 Å². The van der Waals surface area contributed by atoms with Gasteiger partial charge in [-0.25, -0.2) is 4.98 Å². The molecule has 9 nitrogen and oxygen atoms in total. The molecule has 2 saturated carbocycles. The maximum atomic E-state index is 11.7. The Morgan fingerprint density at radius 1 is 0.973 bits per heavy atom. The molecule has 37 heavy (non-hydrogen) atoms. The van der Waals surface area contributed by atoms with Crippen molar-refractivity contribution >= 4 is 43.8 Å². The molecule has 2 aromatic heterocycles. The predicted octanol–water partition coefficient (Wildman–Crippen LogP) is 4.64. The summed E-state index contributed by atoms with van der Waals surface area (Å²) in [6.45, 7) is 4.12. The van der Waals surface area contributed by atoms with E-state index in [4.69, 9.17) is 14.6 Å². The first kappa shape index (κ1) is 31.0. The fraction of sp³-hybridized carbons (Fsp3) is 0.538. The van der Waals surface area contributed by atoms with E-state index in [0.29, 0.717) is 12.5 Å². The highest BCUT2D eigenvalue weighted by Gasteiger charge is 2.46. The Morgan fingerprint density at radius 2 is 1.51 bits per heavy atom. The van der Waals surface area contributed by atoms with Crippen molar-refractivity contribution in [3.8, 4) is 5.88 Å². The predicted molar refractivity (Wildman–Crippen MR) is 145 cm³/mol. The van der Waals surface area contributed by atoms with E-state index in [2.05, 4.69) is 46.6 Å². The summed E-state index contributed by atoms with van der Waals surface area (Å²) in [4.78, 5) is 40.0. The van der Waals surface area contributed by atoms with Crippen LogP contribution in [0.25, 0.3) is 0 Å². The zero-order valence-electron chi connectivity index (χ0n) is 21.6. The van der Waals surface area contributed by atoms with Crippen LogP contribution in [-0.2, 0) is 19.1 Å². The number of nitrogens with zero attached hydrogens (tertiary/aromatic N) is 1. The number of carbonyl (C=O) groups excluding carboxylic acids is 2. The fourth-order valence-corrected chi connectivity index (χ4v) is 4.28. The molecule has 0 atom stereocenters. The number of aryl methyl sites for hydroxylation is 2. The molecule has 0 bridgehead atoms. The first-order valence-electron chi connectivity index (χ1n) is 11.9. The highest BCUT2D eigenvalue weighted by atomic mass is 79.9. The Balaban J connectivity index is 0.000000214. The summed E-state index contributed by atoms with van der Waals surface area (Å²) >= 11 is 6.65. The number of hydrogen-bond donors (Lipinski definition) is 2. The van der Waals surface area contributed by atoms with E-state index in [1.807, 2.05) is 19.9 Å². The van der Waals surface area contributed by atoms with Gasteiger partial charge in [0.15, 0.2) is 0 Å². The van der Waals surface area contributed by atoms with Gasteiger partial charge in [-0.2, -0.15) is 0 Å². The lowest BCUT2D eigenvalue weighted by Gasteiger charge is -2.38. The quantitative estimate of drug-likeness (QED) is 0.435. The molecule has 0 aliphatic heterocycles. The van der Waals surface area contributed by atoms with Crippen LogP contribution in [-0.4, -0.2) is 54.4 Å². The number of rotatable bonds is 6. The summed E-state index contributed by atoms with van der Waals surface area (Å²) in [5.74, 6) is 0.106. The largest absolute Gasteiger partial charge is 0.476 e. The lowest BCUT2D eigenvalue weighted by atomic mass is 9.69. The zero-order chi connectivity index (χ0) is 27.6. The van der Waals surface area contributed by atoms with E-state index in [9.17, 15) is 14.4 Å². The van der Waals surface area contributed by atoms with E-state index in [-0.39, 0.29) is 24.1 Å². The molecule has 2 aromatic rings. The number of halogens is 2. The van der Waals surface area contributed by atoms with Crippen molar-refractivity contribution in [1.29, 1.82) is 0 Å². The number of H-pyrrole nitrogens is 1. The smallest absolute Gasteiger partial charge is 0.315 e. The Labute approximate surface area is 233 Å². The molecule has 2 N–H and O–H groups in total. The molecule has 0 aromatic carbocycles. The van der Waals surface area contributed by atoms with Crippen LogP contribution in [0.3, 0.4) is 0 Å². The van der Waals surface area contributed by atoms with Crippen molar-refractivity contribution in [1.82, 2.24) is 9.97 Å². The van der Waals surface area contributed by atoms with E-state index < -0.39 is 10.8 Å². The minimum absolute atomic E-state index is 0.0595. The minimum atomic E-state index is -0.533. The number of aromatic amines is 1. The summed E-state index contributed by atoms with van der Waals surface area (Å²) in [7, 11) is 2.78. The van der Waals surface area contributed by atoms with Crippen molar-refractivity contribution in [3.05, 3.63) is 55.0 Å². The highest BCUT2D eigenvalue weighted by Crippen LogP contribution is 2.42. The topological polar surface area (TPSA) is 128 Å². The molecule has 4 rings (SSSR count). The van der Waals surface area contributed by atoms with Gasteiger partial charge in [0.25, 0.3) is 0 Å². The minimum Gasteiger partial charge on any atom is -0.476 e. The van der Waals surface area contributed by atoms with Gasteiger partial charge in [-0.15, -0.1) is 0 Å². The van der Waals surface area contributed by atoms with Crippen LogP contribution in [0.2, 0.25) is 0 Å². The third kappa shape index (κ3) is 8.12. The summed E-state index contributed by atoms with van der Waals surface area (Å²) in [5, 5.41) is 8.84. The van der Waals surface area contributed by atoms with Crippen LogP contribution in [0.15, 0.2) is 38.3 Å². The van der Waals surface area contributed by atoms with Gasteiger partial charge in [0.1, 0.15) is 12.0 Å². The Hall–Kier alpha value is -2.24. The van der Waals surface area contributed by atoms with E-state index in [0.717, 1.165) is 58.6 Å². The average molecular weight is 646 g/mol. The van der Waals surface area contributed by atoms with E-state index >= 15 is 0 Å². The summed E-state index contributed by atoms with van der Waals surface area (Å²) in [6, 6.07) is 3.40. The highest BCUT2D eigenvalue weighted by molar-refractivity contribution is 9.10. The number of carbonyl (C=O) groups is 2. The molecule has 0 saturated heterocycles. The van der Waals surface area contributed by atoms with Crippen LogP contribution < -0.4 is 10.3 Å². The van der Waals surface area contributed by atoms with Crippen molar-refractivity contribution in [2.45, 2.75) is 52.4 Å². The normalized spacial score (nSPS) is 16.3. The Kier molecular flexibility index (Phi) is 11.8. The molecule has 0 spiro atoms. The second kappa shape index (κ2) is 14.1. The summed E-state index contributed by atoms with van der Waals surface area (Å²) in [5.41, 5.74) is 0.960. The van der Waals surface area contributed by atoms with Gasteiger partial charge in [-0.1, -0.05) is 12.8 Å². The monoisotopic (exact) mass is 644 g/mol. The number of hydrogen-bond acceptors (Lipinski definition) is 8. The number of nitrogens with one attached hydrogen (secondary N) is 1. The van der Waals surface area contributed by atoms with Crippen molar-refractivity contribution in [2.75, 3.05) is 27.4 Å². The fourth-order valence-electron chi connectivity index (χ4n) is 3.83. The SMILES string of the molecule is COC(=O)C1(CO)CCC1.COC(=O)C1(COc2cc(C)c(Br)cn2)CCC1.Cc1cc(=O)[nH]cc1Br. The van der Waals surface area contributed by atoms with Gasteiger partial charge in [0, 0.05) is 33.5 Å². The third-order valence-corrected chi connectivity index (χ3v) is 8.43. The number of esters is 2. The second-order valence-corrected chi connectivity index (χ2v) is 11.0. The standard InChI is InChI=1S/C13H16BrNO3.C7H12O3.C6H6BrNO/c1-9-6-11(15-7-10(9)14)18-8-13(4-3-5-13)12(16)17-2;1-10-6(9)7(5-8)3-2-4-7;1-4-2-6(9)8-3-5(4)7/h6-7H,3-5,8H2,1-2H3;8H,2-5H2,1H3;2-3H,1H3,(H,8,9). The van der Waals surface area contributed by atoms with Crippen LogP contribution in [0.4, 0.5) is 0 Å². The van der Waals surface area contributed by atoms with Crippen LogP contribution in [0, 0.1) is 24.7 Å². The zero-order valence-corrected chi connectivity index (χ0v) is 24.7. The summed E-state index contributed by atoms with van der Waals surface area (Å²) < 4.78 is 16.9.